The first-order chi connectivity index (χ1) is 17.2. The van der Waals surface area contributed by atoms with E-state index in [9.17, 15) is 9.90 Å². The lowest BCUT2D eigenvalue weighted by Gasteiger charge is -2.11. The van der Waals surface area contributed by atoms with Crippen molar-refractivity contribution in [1.29, 1.82) is 0 Å². The van der Waals surface area contributed by atoms with Gasteiger partial charge in [-0.25, -0.2) is 4.98 Å². The van der Waals surface area contributed by atoms with E-state index in [2.05, 4.69) is 10.3 Å². The maximum Gasteiger partial charge on any atom is 0.230 e. The summed E-state index contributed by atoms with van der Waals surface area (Å²) in [6.45, 7) is 1.44. The summed E-state index contributed by atoms with van der Waals surface area (Å²) in [6, 6.07) is 4.30. The van der Waals surface area contributed by atoms with E-state index in [-0.39, 0.29) is 47.5 Å². The van der Waals surface area contributed by atoms with Crippen LogP contribution in [0.3, 0.4) is 0 Å². The van der Waals surface area contributed by atoms with Gasteiger partial charge in [-0.15, -0.1) is 11.3 Å². The number of aliphatic hydroxyl groups excluding tert-OH is 1. The number of carbonyl (C=O) groups excluding carboxylic acids is 1. The molecule has 1 heterocycles. The number of aromatic nitrogens is 1. The molecule has 0 unspecified atom stereocenters. The molecule has 1 amide bonds. The number of nitrogens with two attached hydrogens (primary N) is 1. The highest BCUT2D eigenvalue weighted by Crippen LogP contribution is 2.21. The lowest BCUT2D eigenvalue weighted by molar-refractivity contribution is -0.115. The number of aliphatic hydroxyl groups is 1. The van der Waals surface area contributed by atoms with E-state index in [1.165, 1.54) is 42.5 Å². The molecule has 3 aromatic rings. The average molecular weight is 418 g/mol. The molecular formula is C23H27N3O2S. The van der Waals surface area contributed by atoms with E-state index in [0.29, 0.717) is 16.5 Å². The highest BCUT2D eigenvalue weighted by molar-refractivity contribution is 7.13. The predicted octanol–water partition coefficient (Wildman–Crippen LogP) is 4.66. The van der Waals surface area contributed by atoms with Gasteiger partial charge in [0.15, 0.2) is 5.13 Å². The van der Waals surface area contributed by atoms with Gasteiger partial charge in [0.2, 0.25) is 5.91 Å². The SMILES string of the molecule is [2H]c1c([2H])c([C@@H](O)CCC([2H])([2H])C([2H])([2H])c2ccc(NC(=O)Cc3csc(N)n3)cc2)c([2H])c([2H])c1C. The van der Waals surface area contributed by atoms with Gasteiger partial charge in [0, 0.05) is 16.6 Å². The fourth-order valence-electron chi connectivity index (χ4n) is 2.48. The van der Waals surface area contributed by atoms with Gasteiger partial charge in [-0.2, -0.15) is 0 Å². The number of carbonyl (C=O) groups is 1. The topological polar surface area (TPSA) is 88.2 Å². The minimum Gasteiger partial charge on any atom is -0.388 e. The molecule has 3 rings (SSSR count). The van der Waals surface area contributed by atoms with E-state index in [1.807, 2.05) is 0 Å². The quantitative estimate of drug-likeness (QED) is 0.472. The second-order valence-corrected chi connectivity index (χ2v) is 7.26. The molecule has 0 saturated carbocycles. The number of benzene rings is 2. The first-order valence-corrected chi connectivity index (χ1v) is 9.89. The van der Waals surface area contributed by atoms with Crippen LogP contribution in [0.1, 0.15) is 58.7 Å². The zero-order valence-corrected chi connectivity index (χ0v) is 16.7. The second-order valence-electron chi connectivity index (χ2n) is 6.37. The Morgan fingerprint density at radius 3 is 2.69 bits per heavy atom. The Morgan fingerprint density at radius 2 is 2.03 bits per heavy atom. The molecule has 0 bridgehead atoms. The number of amides is 1. The van der Waals surface area contributed by atoms with Crippen LogP contribution in [0.5, 0.6) is 0 Å². The van der Waals surface area contributed by atoms with Crippen LogP contribution in [0.15, 0.2) is 53.8 Å². The van der Waals surface area contributed by atoms with Crippen molar-refractivity contribution < 1.29 is 20.9 Å². The summed E-state index contributed by atoms with van der Waals surface area (Å²) in [5, 5.41) is 15.3. The van der Waals surface area contributed by atoms with Crippen molar-refractivity contribution in [2.24, 2.45) is 0 Å². The predicted molar refractivity (Wildman–Crippen MR) is 119 cm³/mol. The second kappa shape index (κ2) is 10.2. The molecule has 0 radical (unpaired) electrons. The van der Waals surface area contributed by atoms with Gasteiger partial charge in [0.1, 0.15) is 0 Å². The van der Waals surface area contributed by atoms with Crippen LogP contribution < -0.4 is 11.1 Å². The number of rotatable bonds is 9. The summed E-state index contributed by atoms with van der Waals surface area (Å²) in [7, 11) is 0. The molecule has 152 valence electrons. The number of hydrogen-bond donors (Lipinski definition) is 3. The van der Waals surface area contributed by atoms with E-state index >= 15 is 0 Å². The van der Waals surface area contributed by atoms with Gasteiger partial charge in [-0.05, 0) is 49.4 Å². The van der Waals surface area contributed by atoms with Gasteiger partial charge >= 0.3 is 0 Å². The van der Waals surface area contributed by atoms with E-state index < -0.39 is 37.4 Å². The summed E-state index contributed by atoms with van der Waals surface area (Å²) >= 11 is 1.23. The number of aryl methyl sites for hydroxylation is 1. The third-order valence-electron chi connectivity index (χ3n) is 3.96. The van der Waals surface area contributed by atoms with Crippen molar-refractivity contribution in [2.45, 2.75) is 45.0 Å². The molecule has 1 atom stereocenters. The maximum absolute atomic E-state index is 12.2. The first-order valence-electron chi connectivity index (χ1n) is 13.0. The van der Waals surface area contributed by atoms with Crippen LogP contribution in [-0.4, -0.2) is 16.0 Å². The highest BCUT2D eigenvalue weighted by Gasteiger charge is 2.08. The van der Waals surface area contributed by atoms with Crippen molar-refractivity contribution in [3.8, 4) is 0 Å². The highest BCUT2D eigenvalue weighted by atomic mass is 32.1. The third kappa shape index (κ3) is 6.69. The minimum absolute atomic E-state index is 0.0195. The van der Waals surface area contributed by atoms with E-state index in [1.54, 1.807) is 5.38 Å². The summed E-state index contributed by atoms with van der Waals surface area (Å²) < 4.78 is 65.6. The third-order valence-corrected chi connectivity index (χ3v) is 4.68. The van der Waals surface area contributed by atoms with Gasteiger partial charge in [0.05, 0.1) is 23.7 Å². The smallest absolute Gasteiger partial charge is 0.230 e. The van der Waals surface area contributed by atoms with Crippen LogP contribution in [0, 0.1) is 6.92 Å². The van der Waals surface area contributed by atoms with Crippen LogP contribution in [0.25, 0.3) is 0 Å². The minimum atomic E-state index is -2.48. The molecular weight excluding hydrogens is 382 g/mol. The molecule has 0 spiro atoms. The van der Waals surface area contributed by atoms with Crippen molar-refractivity contribution in [3.63, 3.8) is 0 Å². The molecule has 0 aliphatic carbocycles. The zero-order chi connectivity index (χ0) is 27.7. The number of hydrogen-bond acceptors (Lipinski definition) is 5. The summed E-state index contributed by atoms with van der Waals surface area (Å²) in [5.41, 5.74) is 6.42. The first kappa shape index (κ1) is 12.8. The van der Waals surface area contributed by atoms with Gasteiger partial charge < -0.3 is 16.2 Å². The summed E-state index contributed by atoms with van der Waals surface area (Å²) in [6.07, 6.45) is -7.19. The van der Waals surface area contributed by atoms with Crippen molar-refractivity contribution >= 4 is 28.1 Å². The zero-order valence-electron chi connectivity index (χ0n) is 23.9. The Morgan fingerprint density at radius 1 is 1.31 bits per heavy atom. The van der Waals surface area contributed by atoms with E-state index in [0.717, 1.165) is 0 Å². The molecule has 1 aromatic heterocycles. The van der Waals surface area contributed by atoms with Crippen molar-refractivity contribution in [3.05, 3.63) is 76.2 Å². The molecule has 0 saturated heterocycles. The fraction of sp³-hybridized carbons (Fsp3) is 0.304. The molecule has 0 aliphatic rings. The van der Waals surface area contributed by atoms with Gasteiger partial charge in [0.25, 0.3) is 0 Å². The maximum atomic E-state index is 12.2. The Kier molecular flexibility index (Phi) is 4.49. The Balaban J connectivity index is 1.69. The number of thiazole rings is 1. The Labute approximate surface area is 186 Å². The molecule has 29 heavy (non-hydrogen) atoms. The standard InChI is InChI=1S/C23H27N3O2S/c1-16-6-10-18(11-7-16)21(27)5-3-2-4-17-8-12-19(13-9-17)25-22(28)14-20-15-29-23(24)26-20/h6-13,15,21,27H,2-5,14H2,1H3,(H2,24,26)(H,25,28)/t21-/m0/s1/i2D2,4D2,6D,7D,10D,11D. The van der Waals surface area contributed by atoms with E-state index in [4.69, 9.17) is 16.7 Å². The lowest BCUT2D eigenvalue weighted by atomic mass is 10.0. The Hall–Kier alpha value is -2.70. The summed E-state index contributed by atoms with van der Waals surface area (Å²) in [4.78, 5) is 16.2. The van der Waals surface area contributed by atoms with Crippen molar-refractivity contribution in [1.82, 2.24) is 4.98 Å². The number of nitrogens with zero attached hydrogens (tertiary/aromatic N) is 1. The molecule has 6 heteroatoms. The lowest BCUT2D eigenvalue weighted by Crippen LogP contribution is -2.14. The fourth-order valence-corrected chi connectivity index (χ4v) is 3.04. The average Bonchev–Trinajstić information content (AvgIpc) is 3.24. The normalized spacial score (nSPS) is 16.9. The van der Waals surface area contributed by atoms with Crippen LogP contribution in [0.2, 0.25) is 0 Å². The van der Waals surface area contributed by atoms with Crippen LogP contribution in [0.4, 0.5) is 10.8 Å². The molecule has 5 nitrogen and oxygen atoms in total. The largest absolute Gasteiger partial charge is 0.388 e. The van der Waals surface area contributed by atoms with Gasteiger partial charge in [-0.3, -0.25) is 4.79 Å². The number of nitrogens with one attached hydrogen (secondary N) is 1. The number of anilines is 2. The van der Waals surface area contributed by atoms with Crippen molar-refractivity contribution in [2.75, 3.05) is 11.1 Å². The monoisotopic (exact) mass is 417 g/mol. The van der Waals surface area contributed by atoms with Crippen LogP contribution >= 0.6 is 11.3 Å². The molecule has 4 N–H and O–H groups in total. The molecule has 2 aromatic carbocycles. The van der Waals surface area contributed by atoms with Gasteiger partial charge in [-0.1, -0.05) is 48.3 Å². The Bertz CT molecular complexity index is 1270. The molecule has 0 aliphatic heterocycles. The summed E-state index contributed by atoms with van der Waals surface area (Å²) in [5.74, 6) is -0.337. The number of nitrogen functional groups attached to an aromatic ring is 1. The van der Waals surface area contributed by atoms with Crippen LogP contribution in [-0.2, 0) is 17.6 Å². The molecule has 0 fully saturated rings.